The number of nitriles is 1. The fraction of sp³-hybridized carbons (Fsp3) is 0.346. The second kappa shape index (κ2) is 13.4. The third-order valence-electron chi connectivity index (χ3n) is 5.94. The number of rotatable bonds is 8. The van der Waals surface area contributed by atoms with E-state index in [-0.39, 0.29) is 22.0 Å². The van der Waals surface area contributed by atoms with Gasteiger partial charge in [-0.1, -0.05) is 28.6 Å². The molecule has 3 heterocycles. The van der Waals surface area contributed by atoms with E-state index in [1.807, 2.05) is 6.07 Å². The summed E-state index contributed by atoms with van der Waals surface area (Å²) in [5.74, 6) is -6.79. The molecule has 0 aliphatic carbocycles. The van der Waals surface area contributed by atoms with Gasteiger partial charge in [0.1, 0.15) is 36.0 Å². The van der Waals surface area contributed by atoms with Crippen molar-refractivity contribution in [2.75, 3.05) is 6.61 Å². The maximum Gasteiger partial charge on any atom is 0.303 e. The normalized spacial score (nSPS) is 21.5. The van der Waals surface area contributed by atoms with Crippen LogP contribution in [0.4, 0.5) is 13.2 Å². The molecule has 4 rings (SSSR count). The number of hydrogen-bond donors (Lipinski definition) is 0. The predicted molar refractivity (Wildman–Crippen MR) is 141 cm³/mol. The van der Waals surface area contributed by atoms with Crippen LogP contribution in [0.2, 0.25) is 5.02 Å². The molecule has 12 nitrogen and oxygen atoms in total. The lowest BCUT2D eigenvalue weighted by Crippen LogP contribution is -2.57. The molecule has 0 spiro atoms. The summed E-state index contributed by atoms with van der Waals surface area (Å²) >= 11 is 7.12. The van der Waals surface area contributed by atoms with Gasteiger partial charge in [0, 0.05) is 37.4 Å². The standard InChI is InChI=1S/C26H21ClF3N5O7S/c1-11(36)39-10-21-24(40-12(2)37)23(35-9-20(33-34-35)14-4-17(28)22(30)18(29)5-14)25(41-13(3)38)26(42-21)43-15-6-16(27)19(7-31)32-8-15/h4-6,8-9,21,23-26H,10H2,1-3H3/t21?,23?,24-,25?,26+/m0/s1. The third-order valence-corrected chi connectivity index (χ3v) is 7.34. The SMILES string of the molecule is CC(=O)OCC1O[C@H](Sc2cnc(C#N)c(Cl)c2)C(OC(C)=O)C(n2cc(-c3cc(F)c(F)c(F)c3)nn2)[C@H]1OC(C)=O. The van der Waals surface area contributed by atoms with Crippen LogP contribution >= 0.6 is 23.4 Å². The highest BCUT2D eigenvalue weighted by molar-refractivity contribution is 7.99. The smallest absolute Gasteiger partial charge is 0.303 e. The number of hydrogen-bond acceptors (Lipinski definition) is 12. The molecule has 3 unspecified atom stereocenters. The number of carbonyl (C=O) groups excluding carboxylic acids is 3. The predicted octanol–water partition coefficient (Wildman–Crippen LogP) is 3.77. The highest BCUT2D eigenvalue weighted by Gasteiger charge is 2.52. The van der Waals surface area contributed by atoms with Crippen molar-refractivity contribution in [1.82, 2.24) is 20.0 Å². The summed E-state index contributed by atoms with van der Waals surface area (Å²) in [4.78, 5) is 40.5. The molecule has 43 heavy (non-hydrogen) atoms. The first-order valence-electron chi connectivity index (χ1n) is 12.3. The zero-order chi connectivity index (χ0) is 31.4. The van der Waals surface area contributed by atoms with Crippen LogP contribution < -0.4 is 0 Å². The van der Waals surface area contributed by atoms with Crippen molar-refractivity contribution in [2.45, 2.75) is 55.5 Å². The fourth-order valence-corrected chi connectivity index (χ4v) is 5.63. The Morgan fingerprint density at radius 2 is 1.72 bits per heavy atom. The van der Waals surface area contributed by atoms with E-state index in [9.17, 15) is 27.6 Å². The van der Waals surface area contributed by atoms with Crippen molar-refractivity contribution in [2.24, 2.45) is 0 Å². The van der Waals surface area contributed by atoms with Crippen LogP contribution in [0.15, 0.2) is 35.5 Å². The molecule has 226 valence electrons. The largest absolute Gasteiger partial charge is 0.463 e. The molecule has 5 atom stereocenters. The lowest BCUT2D eigenvalue weighted by atomic mass is 9.96. The average molecular weight is 640 g/mol. The van der Waals surface area contributed by atoms with Gasteiger partial charge >= 0.3 is 17.9 Å². The van der Waals surface area contributed by atoms with E-state index in [1.165, 1.54) is 18.5 Å². The summed E-state index contributed by atoms with van der Waals surface area (Å²) in [6.45, 7) is 2.99. The first kappa shape index (κ1) is 31.7. The van der Waals surface area contributed by atoms with Gasteiger partial charge in [-0.25, -0.2) is 22.8 Å². The number of pyridine rings is 1. The minimum absolute atomic E-state index is 0.0311. The highest BCUT2D eigenvalue weighted by Crippen LogP contribution is 2.42. The Morgan fingerprint density at radius 1 is 1.07 bits per heavy atom. The molecule has 17 heteroatoms. The van der Waals surface area contributed by atoms with Crippen LogP contribution in [0.5, 0.6) is 0 Å². The number of esters is 3. The molecule has 0 bridgehead atoms. The van der Waals surface area contributed by atoms with Crippen molar-refractivity contribution in [3.8, 4) is 17.3 Å². The number of nitrogens with zero attached hydrogens (tertiary/aromatic N) is 5. The van der Waals surface area contributed by atoms with E-state index < -0.39 is 71.8 Å². The molecule has 1 saturated heterocycles. The molecule has 0 N–H and O–H groups in total. The van der Waals surface area contributed by atoms with Crippen molar-refractivity contribution in [1.29, 1.82) is 5.26 Å². The average Bonchev–Trinajstić information content (AvgIpc) is 3.41. The van der Waals surface area contributed by atoms with Crippen LogP contribution in [0, 0.1) is 28.8 Å². The van der Waals surface area contributed by atoms with E-state index in [1.54, 1.807) is 0 Å². The van der Waals surface area contributed by atoms with Gasteiger partial charge in [0.2, 0.25) is 0 Å². The minimum atomic E-state index is -1.67. The first-order valence-corrected chi connectivity index (χ1v) is 13.6. The molecule has 1 aromatic carbocycles. The summed E-state index contributed by atoms with van der Waals surface area (Å²) in [5, 5.41) is 17.1. The molecule has 2 aromatic heterocycles. The Labute approximate surface area is 251 Å². The van der Waals surface area contributed by atoms with Crippen molar-refractivity contribution in [3.05, 3.63) is 58.8 Å². The topological polar surface area (TPSA) is 156 Å². The van der Waals surface area contributed by atoms with E-state index >= 15 is 0 Å². The Morgan fingerprint density at radius 3 is 2.30 bits per heavy atom. The van der Waals surface area contributed by atoms with Crippen LogP contribution in [0.3, 0.4) is 0 Å². The number of ether oxygens (including phenoxy) is 4. The highest BCUT2D eigenvalue weighted by atomic mass is 35.5. The lowest BCUT2D eigenvalue weighted by Gasteiger charge is -2.44. The molecule has 3 aromatic rings. The minimum Gasteiger partial charge on any atom is -0.463 e. The van der Waals surface area contributed by atoms with Gasteiger partial charge in [0.05, 0.1) is 11.2 Å². The molecule has 1 fully saturated rings. The molecule has 0 saturated carbocycles. The van der Waals surface area contributed by atoms with Gasteiger partial charge in [0.15, 0.2) is 35.4 Å². The number of thioether (sulfide) groups is 1. The zero-order valence-corrected chi connectivity index (χ0v) is 24.1. The van der Waals surface area contributed by atoms with Gasteiger partial charge < -0.3 is 18.9 Å². The number of aromatic nitrogens is 4. The van der Waals surface area contributed by atoms with Crippen molar-refractivity contribution < 1.29 is 46.5 Å². The third kappa shape index (κ3) is 7.42. The van der Waals surface area contributed by atoms with Crippen LogP contribution in [-0.4, -0.2) is 68.2 Å². The van der Waals surface area contributed by atoms with Crippen LogP contribution in [0.1, 0.15) is 32.5 Å². The molecule has 0 radical (unpaired) electrons. The summed E-state index contributed by atoms with van der Waals surface area (Å²) in [5.41, 5.74) is -1.41. The maximum absolute atomic E-state index is 14.0. The van der Waals surface area contributed by atoms with Crippen LogP contribution in [-0.2, 0) is 33.3 Å². The van der Waals surface area contributed by atoms with E-state index in [4.69, 9.17) is 35.8 Å². The van der Waals surface area contributed by atoms with E-state index in [0.717, 1.165) is 37.2 Å². The van der Waals surface area contributed by atoms with Gasteiger partial charge in [0.25, 0.3) is 0 Å². The molecular weight excluding hydrogens is 619 g/mol. The molecule has 1 aliphatic heterocycles. The fourth-order valence-electron chi connectivity index (χ4n) is 4.24. The van der Waals surface area contributed by atoms with Gasteiger partial charge in [-0.15, -0.1) is 5.10 Å². The monoisotopic (exact) mass is 639 g/mol. The summed E-state index contributed by atoms with van der Waals surface area (Å²) in [7, 11) is 0. The maximum atomic E-state index is 14.0. The summed E-state index contributed by atoms with van der Waals surface area (Å²) < 4.78 is 65.1. The quantitative estimate of drug-likeness (QED) is 0.200. The second-order valence-electron chi connectivity index (χ2n) is 9.05. The molecule has 0 amide bonds. The number of benzene rings is 1. The number of halogens is 4. The Hall–Kier alpha value is -4.20. The molecular formula is C26H21ClF3N5O7S. The Kier molecular flexibility index (Phi) is 9.89. The molecule has 1 aliphatic rings. The van der Waals surface area contributed by atoms with Gasteiger partial charge in [-0.05, 0) is 18.2 Å². The van der Waals surface area contributed by atoms with E-state index in [2.05, 4.69) is 15.3 Å². The summed E-state index contributed by atoms with van der Waals surface area (Å²) in [6.07, 6.45) is -1.19. The van der Waals surface area contributed by atoms with Gasteiger partial charge in [-0.3, -0.25) is 14.4 Å². The van der Waals surface area contributed by atoms with Gasteiger partial charge in [-0.2, -0.15) is 5.26 Å². The Balaban J connectivity index is 1.82. The number of carbonyl (C=O) groups is 3. The van der Waals surface area contributed by atoms with Crippen molar-refractivity contribution in [3.63, 3.8) is 0 Å². The second-order valence-corrected chi connectivity index (χ2v) is 10.6. The summed E-state index contributed by atoms with van der Waals surface area (Å²) in [6, 6.07) is 3.49. The Bertz CT molecular complexity index is 1580. The lowest BCUT2D eigenvalue weighted by molar-refractivity contribution is -0.212. The van der Waals surface area contributed by atoms with Crippen LogP contribution in [0.25, 0.3) is 11.3 Å². The first-order chi connectivity index (χ1) is 20.4. The zero-order valence-electron chi connectivity index (χ0n) is 22.5. The van der Waals surface area contributed by atoms with Crippen molar-refractivity contribution >= 4 is 41.3 Å². The van der Waals surface area contributed by atoms with E-state index in [0.29, 0.717) is 17.0 Å².